The number of nitrogens with zero attached hydrogens (tertiary/aromatic N) is 5. The van der Waals surface area contributed by atoms with Gasteiger partial charge >= 0.3 is 5.97 Å². The van der Waals surface area contributed by atoms with Crippen molar-refractivity contribution in [3.63, 3.8) is 0 Å². The van der Waals surface area contributed by atoms with E-state index in [0.29, 0.717) is 23.6 Å². The van der Waals surface area contributed by atoms with E-state index in [0.717, 1.165) is 11.3 Å². The van der Waals surface area contributed by atoms with Crippen LogP contribution in [0, 0.1) is 0 Å². The van der Waals surface area contributed by atoms with E-state index in [1.807, 2.05) is 6.92 Å². The average molecular weight is 329 g/mol. The summed E-state index contributed by atoms with van der Waals surface area (Å²) in [5.41, 5.74) is 0.711. The summed E-state index contributed by atoms with van der Waals surface area (Å²) in [4.78, 5) is 37.0. The third kappa shape index (κ3) is 2.87. The van der Waals surface area contributed by atoms with Crippen molar-refractivity contribution in [1.29, 1.82) is 0 Å². The number of aryl methyl sites for hydroxylation is 1. The van der Waals surface area contributed by atoms with Crippen LogP contribution in [0.25, 0.3) is 0 Å². The summed E-state index contributed by atoms with van der Waals surface area (Å²) in [5, 5.41) is 11.1. The lowest BCUT2D eigenvalue weighted by atomic mass is 10.1. The molecular formula is C15H15N5O4. The zero-order valence-corrected chi connectivity index (χ0v) is 13.0. The van der Waals surface area contributed by atoms with Crippen molar-refractivity contribution in [1.82, 2.24) is 20.2 Å². The average Bonchev–Trinajstić information content (AvgIpc) is 3.12. The maximum atomic E-state index is 12.0. The van der Waals surface area contributed by atoms with Crippen molar-refractivity contribution >= 4 is 23.3 Å². The molecule has 2 heterocycles. The van der Waals surface area contributed by atoms with E-state index < -0.39 is 17.7 Å². The van der Waals surface area contributed by atoms with Crippen LogP contribution in [0.2, 0.25) is 0 Å². The Balaban J connectivity index is 1.64. The Morgan fingerprint density at radius 3 is 2.83 bits per heavy atom. The molecule has 124 valence electrons. The number of carbonyl (C=O) groups is 3. The third-order valence-corrected chi connectivity index (χ3v) is 3.57. The fraction of sp³-hybridized carbons (Fsp3) is 0.333. The topological polar surface area (TPSA) is 107 Å². The Hall–Kier alpha value is -3.10. The highest BCUT2D eigenvalue weighted by Crippen LogP contribution is 2.28. The smallest absolute Gasteiger partial charge is 0.326 e. The predicted molar refractivity (Wildman–Crippen MR) is 81.0 cm³/mol. The second-order valence-corrected chi connectivity index (χ2v) is 5.22. The number of rotatable bonds is 6. The van der Waals surface area contributed by atoms with Crippen LogP contribution in [0.5, 0.6) is 0 Å². The lowest BCUT2D eigenvalue weighted by Gasteiger charge is -2.15. The van der Waals surface area contributed by atoms with Gasteiger partial charge in [-0.15, -0.1) is 5.10 Å². The van der Waals surface area contributed by atoms with Gasteiger partial charge in [0.2, 0.25) is 0 Å². The van der Waals surface area contributed by atoms with Crippen molar-refractivity contribution in [2.24, 2.45) is 0 Å². The van der Waals surface area contributed by atoms with Gasteiger partial charge in [-0.05, 0) is 29.0 Å². The van der Waals surface area contributed by atoms with Crippen molar-refractivity contribution < 1.29 is 19.1 Å². The predicted octanol–water partition coefficient (Wildman–Crippen LogP) is 0.356. The van der Waals surface area contributed by atoms with Gasteiger partial charge in [0.05, 0.1) is 11.3 Å². The Bertz CT molecular complexity index is 801. The molecule has 0 radical (unpaired) electrons. The molecule has 1 amide bonds. The SMILES string of the molecule is CCCn1nnnc1COC(=O)CN1C(=O)C(=O)c2ccccc21. The quantitative estimate of drug-likeness (QED) is 0.556. The van der Waals surface area contributed by atoms with Gasteiger partial charge in [-0.25, -0.2) is 4.68 Å². The zero-order chi connectivity index (χ0) is 17.1. The fourth-order valence-corrected chi connectivity index (χ4v) is 2.44. The van der Waals surface area contributed by atoms with E-state index in [1.165, 1.54) is 0 Å². The maximum Gasteiger partial charge on any atom is 0.326 e. The highest BCUT2D eigenvalue weighted by Gasteiger charge is 2.36. The van der Waals surface area contributed by atoms with Gasteiger partial charge in [0, 0.05) is 6.54 Å². The number of para-hydroxylation sites is 1. The fourth-order valence-electron chi connectivity index (χ4n) is 2.44. The number of hydrogen-bond donors (Lipinski definition) is 0. The van der Waals surface area contributed by atoms with Gasteiger partial charge in [-0.3, -0.25) is 19.3 Å². The summed E-state index contributed by atoms with van der Waals surface area (Å²) < 4.78 is 6.68. The maximum absolute atomic E-state index is 12.0. The summed E-state index contributed by atoms with van der Waals surface area (Å²) in [5.74, 6) is -1.57. The van der Waals surface area contributed by atoms with E-state index in [1.54, 1.807) is 28.9 Å². The molecule has 1 aromatic heterocycles. The van der Waals surface area contributed by atoms with Crippen molar-refractivity contribution in [3.05, 3.63) is 35.7 Å². The van der Waals surface area contributed by atoms with Gasteiger partial charge in [0.25, 0.3) is 11.7 Å². The molecule has 1 aliphatic heterocycles. The van der Waals surface area contributed by atoms with E-state index in [9.17, 15) is 14.4 Å². The molecule has 0 aliphatic carbocycles. The minimum atomic E-state index is -0.732. The molecule has 2 aromatic rings. The molecule has 0 spiro atoms. The van der Waals surface area contributed by atoms with Crippen LogP contribution >= 0.6 is 0 Å². The summed E-state index contributed by atoms with van der Waals surface area (Å²) in [7, 11) is 0. The standard InChI is InChI=1S/C15H15N5O4/c1-2-7-20-12(16-17-18-20)9-24-13(21)8-19-11-6-4-3-5-10(11)14(22)15(19)23/h3-6H,2,7-9H2,1H3. The lowest BCUT2D eigenvalue weighted by molar-refractivity contribution is -0.144. The van der Waals surface area contributed by atoms with Crippen LogP contribution in [0.15, 0.2) is 24.3 Å². The van der Waals surface area contributed by atoms with Crippen LogP contribution in [0.1, 0.15) is 29.5 Å². The highest BCUT2D eigenvalue weighted by molar-refractivity contribution is 6.52. The number of amides is 1. The minimum absolute atomic E-state index is 0.0938. The number of anilines is 1. The van der Waals surface area contributed by atoms with Gasteiger partial charge in [0.1, 0.15) is 6.54 Å². The normalized spacial score (nSPS) is 13.3. The number of Topliss-reactive ketones (excluding diaryl/α,β-unsaturated/α-hetero) is 1. The zero-order valence-electron chi connectivity index (χ0n) is 13.0. The molecular weight excluding hydrogens is 314 g/mol. The molecule has 9 nitrogen and oxygen atoms in total. The molecule has 24 heavy (non-hydrogen) atoms. The second-order valence-electron chi connectivity index (χ2n) is 5.22. The number of esters is 1. The number of tetrazole rings is 1. The molecule has 0 bridgehead atoms. The molecule has 0 saturated heterocycles. The van der Waals surface area contributed by atoms with Crippen molar-refractivity contribution in [2.45, 2.75) is 26.5 Å². The molecule has 1 aromatic carbocycles. The number of ketones is 1. The monoisotopic (exact) mass is 329 g/mol. The Labute approximate surface area is 137 Å². The molecule has 0 fully saturated rings. The lowest BCUT2D eigenvalue weighted by Crippen LogP contribution is -2.35. The van der Waals surface area contributed by atoms with Crippen molar-refractivity contribution in [2.75, 3.05) is 11.4 Å². The van der Waals surface area contributed by atoms with Gasteiger partial charge in [-0.1, -0.05) is 19.1 Å². The Morgan fingerprint density at radius 2 is 2.04 bits per heavy atom. The van der Waals surface area contributed by atoms with E-state index in [4.69, 9.17) is 4.74 Å². The summed E-state index contributed by atoms with van der Waals surface area (Å²) in [6, 6.07) is 6.54. The highest BCUT2D eigenvalue weighted by atomic mass is 16.5. The van der Waals surface area contributed by atoms with E-state index in [2.05, 4.69) is 15.5 Å². The first-order chi connectivity index (χ1) is 11.6. The Kier molecular flexibility index (Phi) is 4.32. The van der Waals surface area contributed by atoms with Crippen LogP contribution in [-0.4, -0.2) is 44.4 Å². The number of benzene rings is 1. The first-order valence-corrected chi connectivity index (χ1v) is 7.47. The molecule has 1 aliphatic rings. The third-order valence-electron chi connectivity index (χ3n) is 3.57. The number of carbonyl (C=O) groups excluding carboxylic acids is 3. The first-order valence-electron chi connectivity index (χ1n) is 7.47. The molecule has 0 atom stereocenters. The van der Waals surface area contributed by atoms with Crippen LogP contribution in [0.4, 0.5) is 5.69 Å². The molecule has 9 heteroatoms. The van der Waals surface area contributed by atoms with Gasteiger partial charge in [-0.2, -0.15) is 0 Å². The van der Waals surface area contributed by atoms with E-state index in [-0.39, 0.29) is 13.2 Å². The van der Waals surface area contributed by atoms with Crippen LogP contribution < -0.4 is 4.90 Å². The minimum Gasteiger partial charge on any atom is -0.456 e. The second kappa shape index (κ2) is 6.57. The van der Waals surface area contributed by atoms with E-state index >= 15 is 0 Å². The molecule has 0 N–H and O–H groups in total. The summed E-state index contributed by atoms with van der Waals surface area (Å²) in [6.45, 7) is 2.16. The molecule has 0 unspecified atom stereocenters. The van der Waals surface area contributed by atoms with Crippen molar-refractivity contribution in [3.8, 4) is 0 Å². The van der Waals surface area contributed by atoms with Gasteiger partial charge < -0.3 is 4.74 Å². The van der Waals surface area contributed by atoms with Gasteiger partial charge in [0.15, 0.2) is 12.4 Å². The number of fused-ring (bicyclic) bond motifs is 1. The molecule has 0 saturated carbocycles. The van der Waals surface area contributed by atoms with Crippen LogP contribution in [-0.2, 0) is 27.5 Å². The number of aromatic nitrogens is 4. The largest absolute Gasteiger partial charge is 0.456 e. The Morgan fingerprint density at radius 1 is 1.25 bits per heavy atom. The first kappa shape index (κ1) is 15.8. The number of hydrogen-bond acceptors (Lipinski definition) is 7. The van der Waals surface area contributed by atoms with Crippen LogP contribution in [0.3, 0.4) is 0 Å². The number of ether oxygens (including phenoxy) is 1. The molecule has 3 rings (SSSR count). The summed E-state index contributed by atoms with van der Waals surface area (Å²) in [6.07, 6.45) is 0.840. The summed E-state index contributed by atoms with van der Waals surface area (Å²) >= 11 is 0.